The van der Waals surface area contributed by atoms with Crippen LogP contribution in [0, 0.1) is 10.1 Å². The molecule has 0 aromatic heterocycles. The summed E-state index contributed by atoms with van der Waals surface area (Å²) in [6.45, 7) is 3.52. The molecule has 104 valence electrons. The zero-order valence-corrected chi connectivity index (χ0v) is 10.9. The number of rotatable bonds is 8. The highest BCUT2D eigenvalue weighted by atomic mass is 16.6. The number of nitro benzene ring substituents is 1. The lowest BCUT2D eigenvalue weighted by Gasteiger charge is -2.05. The van der Waals surface area contributed by atoms with Crippen molar-refractivity contribution in [2.75, 3.05) is 13.2 Å². The number of non-ortho nitro benzene ring substituents is 1. The van der Waals surface area contributed by atoms with E-state index < -0.39 is 4.92 Å². The highest BCUT2D eigenvalue weighted by Gasteiger charge is 2.04. The topological polar surface area (TPSA) is 81.5 Å². The minimum absolute atomic E-state index is 0.0889. The van der Waals surface area contributed by atoms with Gasteiger partial charge in [-0.3, -0.25) is 14.9 Å². The molecule has 0 fully saturated rings. The number of ether oxygens (including phenoxy) is 1. The van der Waals surface area contributed by atoms with Gasteiger partial charge >= 0.3 is 5.97 Å². The standard InChI is InChI=1S/C13H18N2O4/c1-2-19-13(16)4-3-9-14-10-11-5-7-12(8-6-11)15(17)18/h5-8,14H,2-4,9-10H2,1H3. The maximum atomic E-state index is 11.1. The molecular formula is C13H18N2O4. The summed E-state index contributed by atoms with van der Waals surface area (Å²) in [7, 11) is 0. The van der Waals surface area contributed by atoms with Gasteiger partial charge < -0.3 is 10.1 Å². The molecule has 6 heteroatoms. The van der Waals surface area contributed by atoms with E-state index in [-0.39, 0.29) is 11.7 Å². The lowest BCUT2D eigenvalue weighted by Crippen LogP contribution is -2.16. The quantitative estimate of drug-likeness (QED) is 0.337. The van der Waals surface area contributed by atoms with Crippen LogP contribution in [0.25, 0.3) is 0 Å². The summed E-state index contributed by atoms with van der Waals surface area (Å²) in [5.41, 5.74) is 1.06. The summed E-state index contributed by atoms with van der Waals surface area (Å²) < 4.78 is 4.81. The number of hydrogen-bond acceptors (Lipinski definition) is 5. The first-order valence-electron chi connectivity index (χ1n) is 6.23. The van der Waals surface area contributed by atoms with Gasteiger partial charge in [0.25, 0.3) is 5.69 Å². The number of esters is 1. The van der Waals surface area contributed by atoms with Gasteiger partial charge in [0.05, 0.1) is 11.5 Å². The van der Waals surface area contributed by atoms with E-state index in [0.717, 1.165) is 5.56 Å². The molecule has 1 aromatic rings. The number of nitro groups is 1. The maximum Gasteiger partial charge on any atom is 0.305 e. The van der Waals surface area contributed by atoms with Gasteiger partial charge in [-0.15, -0.1) is 0 Å². The summed E-state index contributed by atoms with van der Waals surface area (Å²) in [4.78, 5) is 21.1. The van der Waals surface area contributed by atoms with Crippen LogP contribution in [0.4, 0.5) is 5.69 Å². The first kappa shape index (κ1) is 15.1. The summed E-state index contributed by atoms with van der Waals surface area (Å²) in [6, 6.07) is 6.40. The Morgan fingerprint density at radius 2 is 2.05 bits per heavy atom. The van der Waals surface area contributed by atoms with Crippen molar-refractivity contribution in [3.05, 3.63) is 39.9 Å². The fraction of sp³-hybridized carbons (Fsp3) is 0.462. The Morgan fingerprint density at radius 3 is 2.63 bits per heavy atom. The second kappa shape index (κ2) is 8.20. The van der Waals surface area contributed by atoms with Crippen LogP contribution in [0.2, 0.25) is 0 Å². The third-order valence-electron chi connectivity index (χ3n) is 2.52. The molecule has 0 unspecified atom stereocenters. The van der Waals surface area contributed by atoms with Crippen molar-refractivity contribution in [1.29, 1.82) is 0 Å². The molecule has 0 atom stereocenters. The molecule has 6 nitrogen and oxygen atoms in total. The number of hydrogen-bond donors (Lipinski definition) is 1. The van der Waals surface area contributed by atoms with Crippen molar-refractivity contribution in [2.24, 2.45) is 0 Å². The minimum atomic E-state index is -0.420. The van der Waals surface area contributed by atoms with Crippen molar-refractivity contribution >= 4 is 11.7 Å². The Balaban J connectivity index is 2.19. The van der Waals surface area contributed by atoms with Gasteiger partial charge in [0.15, 0.2) is 0 Å². The van der Waals surface area contributed by atoms with Crippen LogP contribution in [0.3, 0.4) is 0 Å². The first-order chi connectivity index (χ1) is 9.13. The Kier molecular flexibility index (Phi) is 6.52. The Hall–Kier alpha value is -1.95. The predicted molar refractivity (Wildman–Crippen MR) is 70.7 cm³/mol. The highest BCUT2D eigenvalue weighted by molar-refractivity contribution is 5.69. The average Bonchev–Trinajstić information content (AvgIpc) is 2.39. The average molecular weight is 266 g/mol. The van der Waals surface area contributed by atoms with E-state index in [4.69, 9.17) is 4.74 Å². The van der Waals surface area contributed by atoms with E-state index >= 15 is 0 Å². The van der Waals surface area contributed by atoms with Gasteiger partial charge in [0.1, 0.15) is 0 Å². The molecule has 1 rings (SSSR count). The molecule has 0 bridgehead atoms. The summed E-state index contributed by atoms with van der Waals surface area (Å²) >= 11 is 0. The van der Waals surface area contributed by atoms with E-state index in [2.05, 4.69) is 5.32 Å². The number of benzene rings is 1. The fourth-order valence-electron chi connectivity index (χ4n) is 1.56. The lowest BCUT2D eigenvalue weighted by molar-refractivity contribution is -0.384. The van der Waals surface area contributed by atoms with E-state index in [0.29, 0.717) is 32.5 Å². The van der Waals surface area contributed by atoms with Crippen molar-refractivity contribution in [2.45, 2.75) is 26.3 Å². The van der Waals surface area contributed by atoms with Crippen LogP contribution in [0.5, 0.6) is 0 Å². The third kappa shape index (κ3) is 5.96. The molecule has 0 saturated heterocycles. The normalized spacial score (nSPS) is 10.2. The summed E-state index contributed by atoms with van der Waals surface area (Å²) in [6.07, 6.45) is 1.12. The van der Waals surface area contributed by atoms with Crippen molar-refractivity contribution in [3.63, 3.8) is 0 Å². The van der Waals surface area contributed by atoms with Crippen LogP contribution < -0.4 is 5.32 Å². The summed E-state index contributed by atoms with van der Waals surface area (Å²) in [5.74, 6) is -0.181. The zero-order valence-electron chi connectivity index (χ0n) is 10.9. The predicted octanol–water partition coefficient (Wildman–Crippen LogP) is 2.03. The SMILES string of the molecule is CCOC(=O)CCCNCc1ccc([N+](=O)[O-])cc1. The van der Waals surface area contributed by atoms with Crippen LogP contribution in [-0.2, 0) is 16.1 Å². The second-order valence-corrected chi connectivity index (χ2v) is 4.01. The molecule has 0 aliphatic rings. The maximum absolute atomic E-state index is 11.1. The lowest BCUT2D eigenvalue weighted by atomic mass is 10.2. The molecule has 0 saturated carbocycles. The number of nitrogens with one attached hydrogen (secondary N) is 1. The number of carbonyl (C=O) groups excluding carboxylic acids is 1. The van der Waals surface area contributed by atoms with Crippen molar-refractivity contribution < 1.29 is 14.5 Å². The van der Waals surface area contributed by atoms with E-state index in [9.17, 15) is 14.9 Å². The zero-order chi connectivity index (χ0) is 14.1. The van der Waals surface area contributed by atoms with Crippen LogP contribution in [-0.4, -0.2) is 24.0 Å². The molecule has 0 radical (unpaired) electrons. The van der Waals surface area contributed by atoms with Crippen LogP contribution >= 0.6 is 0 Å². The number of carbonyl (C=O) groups is 1. The molecular weight excluding hydrogens is 248 g/mol. The molecule has 0 heterocycles. The minimum Gasteiger partial charge on any atom is -0.466 e. The van der Waals surface area contributed by atoms with Gasteiger partial charge in [-0.05, 0) is 25.5 Å². The molecule has 1 N–H and O–H groups in total. The van der Waals surface area contributed by atoms with Crippen molar-refractivity contribution in [1.82, 2.24) is 5.32 Å². The molecule has 1 aromatic carbocycles. The van der Waals surface area contributed by atoms with E-state index in [1.165, 1.54) is 12.1 Å². The van der Waals surface area contributed by atoms with Crippen LogP contribution in [0.1, 0.15) is 25.3 Å². The van der Waals surface area contributed by atoms with Gasteiger partial charge in [0, 0.05) is 25.1 Å². The molecule has 0 aliphatic heterocycles. The largest absolute Gasteiger partial charge is 0.466 e. The molecule has 0 aliphatic carbocycles. The Bertz CT molecular complexity index is 417. The first-order valence-corrected chi connectivity index (χ1v) is 6.23. The highest BCUT2D eigenvalue weighted by Crippen LogP contribution is 2.11. The molecule has 0 amide bonds. The smallest absolute Gasteiger partial charge is 0.305 e. The monoisotopic (exact) mass is 266 g/mol. The van der Waals surface area contributed by atoms with Gasteiger partial charge in [-0.2, -0.15) is 0 Å². The Morgan fingerprint density at radius 1 is 1.37 bits per heavy atom. The second-order valence-electron chi connectivity index (χ2n) is 4.01. The van der Waals surface area contributed by atoms with E-state index in [1.807, 2.05) is 0 Å². The Labute approximate surface area is 111 Å². The van der Waals surface area contributed by atoms with Crippen LogP contribution in [0.15, 0.2) is 24.3 Å². The summed E-state index contributed by atoms with van der Waals surface area (Å²) in [5, 5.41) is 13.6. The van der Waals surface area contributed by atoms with Crippen molar-refractivity contribution in [3.8, 4) is 0 Å². The van der Waals surface area contributed by atoms with Gasteiger partial charge in [-0.25, -0.2) is 0 Å². The molecule has 19 heavy (non-hydrogen) atoms. The van der Waals surface area contributed by atoms with Gasteiger partial charge in [0.2, 0.25) is 0 Å². The fourth-order valence-corrected chi connectivity index (χ4v) is 1.56. The third-order valence-corrected chi connectivity index (χ3v) is 2.52. The molecule has 0 spiro atoms. The van der Waals surface area contributed by atoms with Gasteiger partial charge in [-0.1, -0.05) is 12.1 Å². The number of nitrogens with zero attached hydrogens (tertiary/aromatic N) is 1. The van der Waals surface area contributed by atoms with E-state index in [1.54, 1.807) is 19.1 Å².